The first-order chi connectivity index (χ1) is 20.0. The molecular weight excluding hydrogens is 528 g/mol. The second-order valence-electron chi connectivity index (χ2n) is 14.0. The maximum absolute atomic E-state index is 14.5. The summed E-state index contributed by atoms with van der Waals surface area (Å²) in [6, 6.07) is 7.98. The monoisotopic (exact) mass is 576 g/mol. The maximum atomic E-state index is 14.5. The molecule has 2 aromatic rings. The number of rotatable bonds is 8. The van der Waals surface area contributed by atoms with Crippen LogP contribution in [0.4, 0.5) is 0 Å². The van der Waals surface area contributed by atoms with Gasteiger partial charge in [-0.3, -0.25) is 9.59 Å². The number of carbonyl (C=O) groups is 2. The molecule has 1 saturated carbocycles. The number of hydrogen-bond acceptors (Lipinski definition) is 7. The quantitative estimate of drug-likeness (QED) is 0.442. The Labute approximate surface area is 250 Å². The molecule has 3 aliphatic rings. The smallest absolute Gasteiger partial charge is 0.291 e. The lowest BCUT2D eigenvalue weighted by Gasteiger charge is -2.47. The maximum Gasteiger partial charge on any atom is 0.291 e. The molecule has 5 rings (SSSR count). The summed E-state index contributed by atoms with van der Waals surface area (Å²) < 4.78 is 0. The number of amides is 2. The fourth-order valence-electron chi connectivity index (χ4n) is 7.07. The van der Waals surface area contributed by atoms with Gasteiger partial charge in [0.1, 0.15) is 5.66 Å². The number of nitrogens with one attached hydrogen (secondary N) is 2. The molecule has 0 bridgehead atoms. The van der Waals surface area contributed by atoms with Crippen LogP contribution in [0.15, 0.2) is 29.3 Å². The number of aromatic nitrogens is 4. The standard InChI is InChI=1S/C32H48N8O2/c1-21(2)9-14-26(23-10-12-24(13-11-23)29(41)33-20-27-35-37-38-36-27)40-30(42)28(39-19-7-8-22(39)3)34-32(40)17-15-25(16-18-32)31(4,5)6/h10-13,21-22,25-26H,7-9,14-20H2,1-6H3,(H,33,41)(H,35,36,37,38)/t22?,25?,26-,32?/m1/s1. The van der Waals surface area contributed by atoms with Crippen molar-refractivity contribution in [2.24, 2.45) is 22.2 Å². The number of aromatic amines is 1. The lowest BCUT2D eigenvalue weighted by atomic mass is 9.69. The van der Waals surface area contributed by atoms with Crippen molar-refractivity contribution in [1.82, 2.24) is 35.7 Å². The van der Waals surface area contributed by atoms with Gasteiger partial charge in [0.25, 0.3) is 11.8 Å². The van der Waals surface area contributed by atoms with E-state index in [1.165, 1.54) is 0 Å². The van der Waals surface area contributed by atoms with Crippen molar-refractivity contribution >= 4 is 17.6 Å². The third-order valence-electron chi connectivity index (χ3n) is 9.69. The Morgan fingerprint density at radius 1 is 1.12 bits per heavy atom. The molecule has 42 heavy (non-hydrogen) atoms. The highest BCUT2D eigenvalue weighted by atomic mass is 16.2. The van der Waals surface area contributed by atoms with Crippen LogP contribution >= 0.6 is 0 Å². The van der Waals surface area contributed by atoms with E-state index in [4.69, 9.17) is 4.99 Å². The van der Waals surface area contributed by atoms with E-state index in [0.717, 1.165) is 63.5 Å². The summed E-state index contributed by atoms with van der Waals surface area (Å²) in [5.74, 6) is 2.09. The Kier molecular flexibility index (Phi) is 8.71. The largest absolute Gasteiger partial charge is 0.350 e. The van der Waals surface area contributed by atoms with Crippen molar-refractivity contribution in [3.05, 3.63) is 41.2 Å². The molecular formula is C32H48N8O2. The fraction of sp³-hybridized carbons (Fsp3) is 0.688. The van der Waals surface area contributed by atoms with E-state index in [9.17, 15) is 9.59 Å². The Morgan fingerprint density at radius 3 is 2.40 bits per heavy atom. The van der Waals surface area contributed by atoms with Crippen molar-refractivity contribution in [2.75, 3.05) is 6.54 Å². The zero-order valence-electron chi connectivity index (χ0n) is 26.2. The minimum absolute atomic E-state index is 0.0775. The molecule has 2 N–H and O–H groups in total. The predicted molar refractivity (Wildman–Crippen MR) is 162 cm³/mol. The van der Waals surface area contributed by atoms with E-state index < -0.39 is 5.66 Å². The molecule has 3 heterocycles. The predicted octanol–water partition coefficient (Wildman–Crippen LogP) is 5.26. The van der Waals surface area contributed by atoms with Crippen LogP contribution in [0.25, 0.3) is 0 Å². The van der Waals surface area contributed by atoms with Gasteiger partial charge in [-0.2, -0.15) is 5.21 Å². The average molecular weight is 577 g/mol. The van der Waals surface area contributed by atoms with Gasteiger partial charge in [0.05, 0.1) is 12.6 Å². The number of H-pyrrole nitrogens is 1. The van der Waals surface area contributed by atoms with Gasteiger partial charge in [0.2, 0.25) is 0 Å². The SMILES string of the molecule is CC(C)CC[C@H](c1ccc(C(=O)NCc2nn[nH]n2)cc1)N1C(=O)C(N2CCCC2C)=NC12CCC(C(C)(C)C)CC2. The van der Waals surface area contributed by atoms with Gasteiger partial charge in [-0.05, 0) is 93.2 Å². The molecule has 2 fully saturated rings. The van der Waals surface area contributed by atoms with Crippen LogP contribution in [-0.2, 0) is 11.3 Å². The fourth-order valence-corrected chi connectivity index (χ4v) is 7.07. The zero-order chi connectivity index (χ0) is 30.1. The highest BCUT2D eigenvalue weighted by Crippen LogP contribution is 2.50. The minimum Gasteiger partial charge on any atom is -0.350 e. The number of hydrogen-bond donors (Lipinski definition) is 2. The summed E-state index contributed by atoms with van der Waals surface area (Å²) >= 11 is 0. The molecule has 2 atom stereocenters. The molecule has 1 saturated heterocycles. The summed E-state index contributed by atoms with van der Waals surface area (Å²) in [7, 11) is 0. The second-order valence-corrected chi connectivity index (χ2v) is 14.0. The van der Waals surface area contributed by atoms with Gasteiger partial charge < -0.3 is 15.1 Å². The van der Waals surface area contributed by atoms with Crippen LogP contribution in [-0.4, -0.2) is 66.3 Å². The molecule has 10 nitrogen and oxygen atoms in total. The van der Waals surface area contributed by atoms with E-state index in [-0.39, 0.29) is 29.8 Å². The Morgan fingerprint density at radius 2 is 1.83 bits per heavy atom. The summed E-state index contributed by atoms with van der Waals surface area (Å²) in [5, 5.41) is 16.5. The van der Waals surface area contributed by atoms with Gasteiger partial charge in [-0.1, -0.05) is 52.0 Å². The van der Waals surface area contributed by atoms with Crippen LogP contribution < -0.4 is 5.32 Å². The van der Waals surface area contributed by atoms with E-state index in [2.05, 4.69) is 77.3 Å². The van der Waals surface area contributed by atoms with Crippen molar-refractivity contribution in [2.45, 2.75) is 117 Å². The summed E-state index contributed by atoms with van der Waals surface area (Å²) in [4.78, 5) is 37.1. The van der Waals surface area contributed by atoms with Gasteiger partial charge >= 0.3 is 0 Å². The van der Waals surface area contributed by atoms with E-state index >= 15 is 0 Å². The van der Waals surface area contributed by atoms with Gasteiger partial charge in [0, 0.05) is 18.2 Å². The van der Waals surface area contributed by atoms with Crippen LogP contribution in [0.3, 0.4) is 0 Å². The Hall–Kier alpha value is -3.30. The van der Waals surface area contributed by atoms with Gasteiger partial charge in [-0.15, -0.1) is 10.2 Å². The van der Waals surface area contributed by atoms with Crippen molar-refractivity contribution < 1.29 is 9.59 Å². The molecule has 2 amide bonds. The third kappa shape index (κ3) is 6.22. The third-order valence-corrected chi connectivity index (χ3v) is 9.69. The molecule has 228 valence electrons. The van der Waals surface area contributed by atoms with Crippen LogP contribution in [0.5, 0.6) is 0 Å². The first-order valence-corrected chi connectivity index (χ1v) is 15.8. The van der Waals surface area contributed by atoms with Crippen LogP contribution in [0, 0.1) is 17.3 Å². The van der Waals surface area contributed by atoms with Crippen molar-refractivity contribution in [3.8, 4) is 0 Å². The number of carbonyl (C=O) groups excluding carboxylic acids is 2. The molecule has 1 spiro atoms. The van der Waals surface area contributed by atoms with E-state index in [1.54, 1.807) is 0 Å². The molecule has 0 radical (unpaired) electrons. The number of benzene rings is 1. The molecule has 1 aliphatic carbocycles. The number of amidine groups is 1. The molecule has 1 aromatic heterocycles. The highest BCUT2D eigenvalue weighted by molar-refractivity contribution is 6.39. The lowest BCUT2D eigenvalue weighted by molar-refractivity contribution is -0.134. The number of likely N-dealkylation sites (tertiary alicyclic amines) is 1. The summed E-state index contributed by atoms with van der Waals surface area (Å²) in [6.45, 7) is 14.8. The molecule has 10 heteroatoms. The first kappa shape index (κ1) is 30.2. The molecule has 1 unspecified atom stereocenters. The van der Waals surface area contributed by atoms with E-state index in [1.807, 2.05) is 24.3 Å². The highest BCUT2D eigenvalue weighted by Gasteiger charge is 2.54. The topological polar surface area (TPSA) is 119 Å². The minimum atomic E-state index is -0.515. The van der Waals surface area contributed by atoms with Crippen LogP contribution in [0.2, 0.25) is 0 Å². The van der Waals surface area contributed by atoms with Crippen LogP contribution in [0.1, 0.15) is 121 Å². The molecule has 2 aliphatic heterocycles. The summed E-state index contributed by atoms with van der Waals surface area (Å²) in [5.41, 5.74) is 1.34. The summed E-state index contributed by atoms with van der Waals surface area (Å²) in [6.07, 6.45) is 7.96. The normalized spacial score (nSPS) is 25.4. The second kappa shape index (κ2) is 12.1. The lowest BCUT2D eigenvalue weighted by Crippen LogP contribution is -2.52. The average Bonchev–Trinajstić information content (AvgIpc) is 3.69. The first-order valence-electron chi connectivity index (χ1n) is 15.8. The van der Waals surface area contributed by atoms with Gasteiger partial charge in [0.15, 0.2) is 11.7 Å². The molecule has 1 aromatic carbocycles. The van der Waals surface area contributed by atoms with Crippen molar-refractivity contribution in [1.29, 1.82) is 0 Å². The Balaban J connectivity index is 1.44. The zero-order valence-corrected chi connectivity index (χ0v) is 26.2. The van der Waals surface area contributed by atoms with E-state index in [0.29, 0.717) is 35.1 Å². The van der Waals surface area contributed by atoms with Crippen molar-refractivity contribution in [3.63, 3.8) is 0 Å². The number of aliphatic imine (C=N–C) groups is 1. The number of tetrazole rings is 1. The number of nitrogens with zero attached hydrogens (tertiary/aromatic N) is 6. The Bertz CT molecular complexity index is 1260. The van der Waals surface area contributed by atoms with Gasteiger partial charge in [-0.25, -0.2) is 4.99 Å².